The Morgan fingerprint density at radius 3 is 3.08 bits per heavy atom. The molecule has 0 saturated carbocycles. The highest BCUT2D eigenvalue weighted by Crippen LogP contribution is 2.10. The van der Waals surface area contributed by atoms with Crippen molar-refractivity contribution in [3.05, 3.63) is 11.4 Å². The molecule has 0 radical (unpaired) electrons. The molecule has 0 unspecified atom stereocenters. The van der Waals surface area contributed by atoms with Crippen LogP contribution in [0.5, 0.6) is 0 Å². The van der Waals surface area contributed by atoms with E-state index in [0.29, 0.717) is 0 Å². The lowest BCUT2D eigenvalue weighted by Gasteiger charge is -1.89. The number of azo groups is 1. The minimum Gasteiger partial charge on any atom is -0.187 e. The van der Waals surface area contributed by atoms with E-state index < -0.39 is 0 Å². The van der Waals surface area contributed by atoms with E-state index in [1.54, 1.807) is 0 Å². The zero-order valence-electron chi connectivity index (χ0n) is 7.23. The van der Waals surface area contributed by atoms with E-state index in [9.17, 15) is 0 Å². The van der Waals surface area contributed by atoms with Gasteiger partial charge in [0.15, 0.2) is 5.82 Å². The van der Waals surface area contributed by atoms with Gasteiger partial charge in [0.2, 0.25) is 0 Å². The van der Waals surface area contributed by atoms with E-state index >= 15 is 0 Å². The van der Waals surface area contributed by atoms with Crippen LogP contribution in [-0.4, -0.2) is 10.9 Å². The first-order chi connectivity index (χ1) is 5.93. The molecule has 3 nitrogen and oxygen atoms in total. The summed E-state index contributed by atoms with van der Waals surface area (Å²) in [6.07, 6.45) is 3.59. The summed E-state index contributed by atoms with van der Waals surface area (Å²) in [5.41, 5.74) is 0. The van der Waals surface area contributed by atoms with Crippen molar-refractivity contribution in [1.82, 2.24) is 4.37 Å². The summed E-state index contributed by atoms with van der Waals surface area (Å²) < 4.78 is 4.02. The van der Waals surface area contributed by atoms with Crippen LogP contribution in [0, 0.1) is 0 Å². The Morgan fingerprint density at radius 2 is 2.42 bits per heavy atom. The summed E-state index contributed by atoms with van der Waals surface area (Å²) in [6, 6.07) is 1.87. The monoisotopic (exact) mass is 183 g/mol. The normalized spacial score (nSPS) is 11.1. The summed E-state index contributed by atoms with van der Waals surface area (Å²) in [5.74, 6) is 0.733. The third-order valence-corrected chi connectivity index (χ3v) is 2.01. The van der Waals surface area contributed by atoms with Crippen molar-refractivity contribution >= 4 is 17.4 Å². The van der Waals surface area contributed by atoms with Gasteiger partial charge >= 0.3 is 0 Å². The van der Waals surface area contributed by atoms with Crippen molar-refractivity contribution in [3.8, 4) is 0 Å². The lowest BCUT2D eigenvalue weighted by atomic mass is 10.3. The van der Waals surface area contributed by atoms with E-state index in [1.165, 1.54) is 24.4 Å². The molecular formula is C8H13N3S. The predicted molar refractivity (Wildman–Crippen MR) is 51.0 cm³/mol. The highest BCUT2D eigenvalue weighted by Gasteiger charge is 1.88. The van der Waals surface area contributed by atoms with Gasteiger partial charge in [0.05, 0.1) is 6.54 Å². The SMILES string of the molecule is CCCCCN=Nc1ccsn1. The average molecular weight is 183 g/mol. The fraction of sp³-hybridized carbons (Fsp3) is 0.625. The van der Waals surface area contributed by atoms with Gasteiger partial charge in [-0.05, 0) is 24.0 Å². The molecule has 4 heteroatoms. The Balaban J connectivity index is 2.14. The second-order valence-electron chi connectivity index (χ2n) is 2.53. The minimum absolute atomic E-state index is 0.733. The molecule has 0 N–H and O–H groups in total. The number of rotatable bonds is 5. The first-order valence-corrected chi connectivity index (χ1v) is 5.05. The van der Waals surface area contributed by atoms with Crippen molar-refractivity contribution in [2.45, 2.75) is 26.2 Å². The van der Waals surface area contributed by atoms with Crippen molar-refractivity contribution in [2.24, 2.45) is 10.2 Å². The Labute approximate surface area is 76.7 Å². The van der Waals surface area contributed by atoms with Gasteiger partial charge in [-0.15, -0.1) is 5.11 Å². The largest absolute Gasteiger partial charge is 0.187 e. The number of nitrogens with zero attached hydrogens (tertiary/aromatic N) is 3. The molecule has 1 aromatic rings. The van der Waals surface area contributed by atoms with Gasteiger partial charge < -0.3 is 0 Å². The standard InChI is InChI=1S/C8H13N3S/c1-2-3-4-6-9-10-8-5-7-12-11-8/h5,7H,2-4,6H2,1H3. The molecule has 1 rings (SSSR count). The number of unbranched alkanes of at least 4 members (excludes halogenated alkanes) is 2. The molecule has 0 fully saturated rings. The maximum Gasteiger partial charge on any atom is 0.187 e. The maximum atomic E-state index is 4.02. The Bertz CT molecular complexity index is 218. The lowest BCUT2D eigenvalue weighted by Crippen LogP contribution is -1.77. The molecule has 0 aliphatic carbocycles. The van der Waals surface area contributed by atoms with E-state index in [2.05, 4.69) is 21.5 Å². The molecule has 0 aliphatic rings. The zero-order valence-corrected chi connectivity index (χ0v) is 8.05. The maximum absolute atomic E-state index is 4.02. The molecule has 66 valence electrons. The second-order valence-corrected chi connectivity index (χ2v) is 3.20. The zero-order chi connectivity index (χ0) is 8.65. The number of aromatic nitrogens is 1. The van der Waals surface area contributed by atoms with Gasteiger partial charge in [-0.3, -0.25) is 0 Å². The topological polar surface area (TPSA) is 37.6 Å². The molecule has 0 amide bonds. The number of hydrogen-bond donors (Lipinski definition) is 0. The van der Waals surface area contributed by atoms with Gasteiger partial charge in [-0.25, -0.2) is 0 Å². The molecule has 0 bridgehead atoms. The molecule has 0 aromatic carbocycles. The van der Waals surface area contributed by atoms with Crippen molar-refractivity contribution in [1.29, 1.82) is 0 Å². The molecule has 12 heavy (non-hydrogen) atoms. The first kappa shape index (κ1) is 9.32. The molecule has 0 spiro atoms. The van der Waals surface area contributed by atoms with Crippen molar-refractivity contribution < 1.29 is 0 Å². The Kier molecular flexibility index (Phi) is 4.52. The Hall–Kier alpha value is -0.770. The molecule has 0 aliphatic heterocycles. The molecule has 1 heterocycles. The summed E-state index contributed by atoms with van der Waals surface area (Å²) >= 11 is 1.40. The Morgan fingerprint density at radius 1 is 1.50 bits per heavy atom. The quantitative estimate of drug-likeness (QED) is 0.509. The fourth-order valence-corrected chi connectivity index (χ4v) is 1.26. The van der Waals surface area contributed by atoms with E-state index in [0.717, 1.165) is 18.8 Å². The lowest BCUT2D eigenvalue weighted by molar-refractivity contribution is 0.712. The molecule has 1 aromatic heterocycles. The predicted octanol–water partition coefficient (Wildman–Crippen LogP) is 3.42. The summed E-state index contributed by atoms with van der Waals surface area (Å²) in [4.78, 5) is 0. The molecule has 0 saturated heterocycles. The van der Waals surface area contributed by atoms with Crippen LogP contribution in [0.15, 0.2) is 21.7 Å². The van der Waals surface area contributed by atoms with Crippen LogP contribution in [0.3, 0.4) is 0 Å². The molecule has 0 atom stereocenters. The average Bonchev–Trinajstić information content (AvgIpc) is 2.57. The van der Waals surface area contributed by atoms with Crippen LogP contribution in [0.1, 0.15) is 26.2 Å². The van der Waals surface area contributed by atoms with Gasteiger partial charge in [-0.1, -0.05) is 19.8 Å². The van der Waals surface area contributed by atoms with Crippen molar-refractivity contribution in [2.75, 3.05) is 6.54 Å². The van der Waals surface area contributed by atoms with E-state index in [-0.39, 0.29) is 0 Å². The van der Waals surface area contributed by atoms with E-state index in [4.69, 9.17) is 0 Å². The summed E-state index contributed by atoms with van der Waals surface area (Å²) in [6.45, 7) is 3.00. The van der Waals surface area contributed by atoms with Crippen LogP contribution in [0.2, 0.25) is 0 Å². The van der Waals surface area contributed by atoms with Gasteiger partial charge in [-0.2, -0.15) is 9.49 Å². The highest BCUT2D eigenvalue weighted by molar-refractivity contribution is 7.03. The minimum atomic E-state index is 0.733. The van der Waals surface area contributed by atoms with Crippen LogP contribution < -0.4 is 0 Å². The third kappa shape index (κ3) is 3.57. The van der Waals surface area contributed by atoms with Crippen molar-refractivity contribution in [3.63, 3.8) is 0 Å². The fourth-order valence-electron chi connectivity index (χ4n) is 0.813. The second kappa shape index (κ2) is 5.83. The smallest absolute Gasteiger partial charge is 0.187 e. The number of hydrogen-bond acceptors (Lipinski definition) is 4. The van der Waals surface area contributed by atoms with E-state index in [1.807, 2.05) is 11.4 Å². The van der Waals surface area contributed by atoms with Crippen LogP contribution in [-0.2, 0) is 0 Å². The van der Waals surface area contributed by atoms with Crippen LogP contribution in [0.25, 0.3) is 0 Å². The molecular weight excluding hydrogens is 170 g/mol. The summed E-state index contributed by atoms with van der Waals surface area (Å²) in [7, 11) is 0. The van der Waals surface area contributed by atoms with Crippen LogP contribution >= 0.6 is 11.5 Å². The first-order valence-electron chi connectivity index (χ1n) is 4.21. The van der Waals surface area contributed by atoms with Gasteiger partial charge in [0, 0.05) is 5.38 Å². The van der Waals surface area contributed by atoms with Crippen LogP contribution in [0.4, 0.5) is 5.82 Å². The van der Waals surface area contributed by atoms with Gasteiger partial charge in [0.1, 0.15) is 0 Å². The summed E-state index contributed by atoms with van der Waals surface area (Å²) in [5, 5.41) is 9.89. The van der Waals surface area contributed by atoms with Gasteiger partial charge in [0.25, 0.3) is 0 Å². The highest BCUT2D eigenvalue weighted by atomic mass is 32.1. The third-order valence-electron chi connectivity index (χ3n) is 1.46.